The van der Waals surface area contributed by atoms with E-state index in [2.05, 4.69) is 34.2 Å². The molecule has 0 spiro atoms. The molecule has 0 saturated heterocycles. The molecule has 0 unspecified atom stereocenters. The van der Waals surface area contributed by atoms with Gasteiger partial charge in [-0.25, -0.2) is 9.97 Å². The van der Waals surface area contributed by atoms with Crippen LogP contribution >= 0.6 is 11.8 Å². The molecule has 4 heteroatoms. The maximum atomic E-state index is 5.68. The highest BCUT2D eigenvalue weighted by molar-refractivity contribution is 8.00. The number of hydrogen-bond acceptors (Lipinski definition) is 4. The third kappa shape index (κ3) is 3.07. The van der Waals surface area contributed by atoms with Crippen LogP contribution in [0.2, 0.25) is 0 Å². The van der Waals surface area contributed by atoms with E-state index < -0.39 is 0 Å². The maximum absolute atomic E-state index is 5.68. The lowest BCUT2D eigenvalue weighted by atomic mass is 10.1. The first-order chi connectivity index (χ1) is 9.31. The normalized spacial score (nSPS) is 15.8. The van der Waals surface area contributed by atoms with Crippen LogP contribution in [0, 0.1) is 0 Å². The van der Waals surface area contributed by atoms with Crippen LogP contribution in [0.3, 0.4) is 0 Å². The molecule has 0 bridgehead atoms. The Kier molecular flexibility index (Phi) is 3.69. The molecule has 1 aromatic carbocycles. The number of thioether (sulfide) groups is 1. The number of rotatable bonds is 3. The number of nitrogens with two attached hydrogens (primary N) is 1. The number of benzene rings is 1. The quantitative estimate of drug-likeness (QED) is 0.923. The van der Waals surface area contributed by atoms with Crippen molar-refractivity contribution in [1.82, 2.24) is 9.97 Å². The zero-order chi connectivity index (χ0) is 13.1. The van der Waals surface area contributed by atoms with E-state index in [4.69, 9.17) is 5.73 Å². The topological polar surface area (TPSA) is 51.8 Å². The van der Waals surface area contributed by atoms with Gasteiger partial charge >= 0.3 is 0 Å². The lowest BCUT2D eigenvalue weighted by molar-refractivity contribution is 0.886. The van der Waals surface area contributed by atoms with Gasteiger partial charge in [0.1, 0.15) is 12.1 Å². The van der Waals surface area contributed by atoms with E-state index in [0.717, 1.165) is 16.5 Å². The summed E-state index contributed by atoms with van der Waals surface area (Å²) in [6.45, 7) is 0. The van der Waals surface area contributed by atoms with Gasteiger partial charge in [0, 0.05) is 21.8 Å². The average Bonchev–Trinajstić information content (AvgIpc) is 2.92. The van der Waals surface area contributed by atoms with E-state index >= 15 is 0 Å². The van der Waals surface area contributed by atoms with Crippen LogP contribution in [0.5, 0.6) is 0 Å². The number of anilines is 1. The van der Waals surface area contributed by atoms with Crippen molar-refractivity contribution in [3.63, 3.8) is 0 Å². The summed E-state index contributed by atoms with van der Waals surface area (Å²) in [7, 11) is 0. The molecule has 1 heterocycles. The van der Waals surface area contributed by atoms with E-state index in [-0.39, 0.29) is 0 Å². The van der Waals surface area contributed by atoms with Gasteiger partial charge in [-0.15, -0.1) is 11.8 Å². The van der Waals surface area contributed by atoms with Crippen LogP contribution in [0.1, 0.15) is 25.7 Å². The maximum Gasteiger partial charge on any atom is 0.127 e. The van der Waals surface area contributed by atoms with Gasteiger partial charge in [0.05, 0.1) is 5.69 Å². The third-order valence-electron chi connectivity index (χ3n) is 3.44. The summed E-state index contributed by atoms with van der Waals surface area (Å²) < 4.78 is 0. The van der Waals surface area contributed by atoms with Gasteiger partial charge in [0.15, 0.2) is 0 Å². The molecular weight excluding hydrogens is 254 g/mol. The molecule has 1 aromatic heterocycles. The molecule has 3 rings (SSSR count). The van der Waals surface area contributed by atoms with Crippen LogP contribution in [0.4, 0.5) is 5.82 Å². The average molecular weight is 271 g/mol. The molecule has 1 fully saturated rings. The van der Waals surface area contributed by atoms with Gasteiger partial charge in [-0.1, -0.05) is 25.0 Å². The molecule has 2 aromatic rings. The standard InChI is InChI=1S/C15H17N3S/c16-15-9-14(17-10-18-15)11-5-7-13(8-6-11)19-12-3-1-2-4-12/h5-10,12H,1-4H2,(H2,16,17,18). The van der Waals surface area contributed by atoms with Crippen molar-refractivity contribution in [2.75, 3.05) is 5.73 Å². The molecule has 98 valence electrons. The number of hydrogen-bond donors (Lipinski definition) is 1. The Hall–Kier alpha value is -1.55. The largest absolute Gasteiger partial charge is 0.384 e. The second-order valence-electron chi connectivity index (χ2n) is 4.88. The van der Waals surface area contributed by atoms with Crippen molar-refractivity contribution in [2.45, 2.75) is 35.8 Å². The fourth-order valence-electron chi connectivity index (χ4n) is 2.43. The van der Waals surface area contributed by atoms with Crippen molar-refractivity contribution in [3.05, 3.63) is 36.7 Å². The first-order valence-corrected chi connectivity index (χ1v) is 7.54. The number of nitrogen functional groups attached to an aromatic ring is 1. The Balaban J connectivity index is 1.74. The van der Waals surface area contributed by atoms with E-state index in [9.17, 15) is 0 Å². The molecule has 0 aliphatic heterocycles. The number of nitrogens with zero attached hydrogens (tertiary/aromatic N) is 2. The first kappa shape index (κ1) is 12.5. The summed E-state index contributed by atoms with van der Waals surface area (Å²) in [6, 6.07) is 10.4. The monoisotopic (exact) mass is 271 g/mol. The zero-order valence-corrected chi connectivity index (χ0v) is 11.6. The molecule has 1 aliphatic carbocycles. The fourth-order valence-corrected chi connectivity index (χ4v) is 3.68. The lowest BCUT2D eigenvalue weighted by Gasteiger charge is -2.09. The summed E-state index contributed by atoms with van der Waals surface area (Å²) in [4.78, 5) is 9.50. The van der Waals surface area contributed by atoms with Gasteiger partial charge in [0.25, 0.3) is 0 Å². The van der Waals surface area contributed by atoms with Crippen molar-refractivity contribution in [2.24, 2.45) is 0 Å². The van der Waals surface area contributed by atoms with Crippen LogP contribution in [-0.4, -0.2) is 15.2 Å². The Morgan fingerprint density at radius 3 is 2.47 bits per heavy atom. The van der Waals surface area contributed by atoms with Crippen molar-refractivity contribution in [3.8, 4) is 11.3 Å². The fraction of sp³-hybridized carbons (Fsp3) is 0.333. The van der Waals surface area contributed by atoms with Crippen LogP contribution < -0.4 is 5.73 Å². The van der Waals surface area contributed by atoms with Gasteiger partial charge < -0.3 is 5.73 Å². The predicted molar refractivity (Wildman–Crippen MR) is 80.0 cm³/mol. The van der Waals surface area contributed by atoms with E-state index in [1.165, 1.54) is 36.9 Å². The molecular formula is C15H17N3S. The lowest BCUT2D eigenvalue weighted by Crippen LogP contribution is -1.94. The summed E-state index contributed by atoms with van der Waals surface area (Å²) in [5.74, 6) is 0.509. The molecule has 19 heavy (non-hydrogen) atoms. The van der Waals surface area contributed by atoms with Crippen LogP contribution in [-0.2, 0) is 0 Å². The van der Waals surface area contributed by atoms with Crippen molar-refractivity contribution < 1.29 is 0 Å². The Morgan fingerprint density at radius 1 is 1.05 bits per heavy atom. The molecule has 3 nitrogen and oxygen atoms in total. The van der Waals surface area contributed by atoms with Crippen molar-refractivity contribution in [1.29, 1.82) is 0 Å². The Morgan fingerprint density at radius 2 is 1.79 bits per heavy atom. The number of aromatic nitrogens is 2. The minimum Gasteiger partial charge on any atom is -0.384 e. The molecule has 0 radical (unpaired) electrons. The molecule has 0 amide bonds. The highest BCUT2D eigenvalue weighted by Gasteiger charge is 2.15. The molecule has 2 N–H and O–H groups in total. The minimum atomic E-state index is 0.509. The van der Waals surface area contributed by atoms with Gasteiger partial charge in [-0.05, 0) is 25.0 Å². The van der Waals surface area contributed by atoms with Gasteiger partial charge in [0.2, 0.25) is 0 Å². The second kappa shape index (κ2) is 5.61. The SMILES string of the molecule is Nc1cc(-c2ccc(SC3CCCC3)cc2)ncn1. The molecule has 0 atom stereocenters. The van der Waals surface area contributed by atoms with Gasteiger partial charge in [-0.2, -0.15) is 0 Å². The summed E-state index contributed by atoms with van der Waals surface area (Å²) in [5, 5.41) is 0.806. The van der Waals surface area contributed by atoms with Crippen LogP contribution in [0.15, 0.2) is 41.6 Å². The summed E-state index contributed by atoms with van der Waals surface area (Å²) in [5.41, 5.74) is 7.65. The van der Waals surface area contributed by atoms with Gasteiger partial charge in [-0.3, -0.25) is 0 Å². The third-order valence-corrected chi connectivity index (χ3v) is 4.79. The molecule has 1 saturated carbocycles. The smallest absolute Gasteiger partial charge is 0.127 e. The second-order valence-corrected chi connectivity index (χ2v) is 6.25. The minimum absolute atomic E-state index is 0.509. The highest BCUT2D eigenvalue weighted by Crippen LogP contribution is 2.35. The first-order valence-electron chi connectivity index (χ1n) is 6.66. The van der Waals surface area contributed by atoms with Crippen LogP contribution in [0.25, 0.3) is 11.3 Å². The predicted octanol–water partition coefficient (Wildman–Crippen LogP) is 3.76. The van der Waals surface area contributed by atoms with E-state index in [0.29, 0.717) is 5.82 Å². The highest BCUT2D eigenvalue weighted by atomic mass is 32.2. The summed E-state index contributed by atoms with van der Waals surface area (Å²) in [6.07, 6.45) is 6.99. The Bertz CT molecular complexity index is 548. The summed E-state index contributed by atoms with van der Waals surface area (Å²) >= 11 is 2.00. The zero-order valence-electron chi connectivity index (χ0n) is 10.7. The Labute approximate surface area is 117 Å². The van der Waals surface area contributed by atoms with E-state index in [1.807, 2.05) is 11.8 Å². The molecule has 1 aliphatic rings. The van der Waals surface area contributed by atoms with E-state index in [1.54, 1.807) is 6.07 Å². The van der Waals surface area contributed by atoms with Crippen molar-refractivity contribution >= 4 is 17.6 Å².